The summed E-state index contributed by atoms with van der Waals surface area (Å²) in [7, 11) is 0. The number of carbonyl (C=O) groups excluding carboxylic acids is 1. The van der Waals surface area contributed by atoms with Crippen molar-refractivity contribution in [3.05, 3.63) is 35.9 Å². The van der Waals surface area contributed by atoms with Crippen molar-refractivity contribution in [1.29, 1.82) is 0 Å². The number of carbonyl (C=O) groups is 2. The van der Waals surface area contributed by atoms with Gasteiger partial charge in [0.05, 0.1) is 6.54 Å². The van der Waals surface area contributed by atoms with Gasteiger partial charge in [0.2, 0.25) is 0 Å². The fraction of sp³-hybridized carbons (Fsp3) is 0.385. The lowest BCUT2D eigenvalue weighted by molar-refractivity contribution is -0.146. The molecule has 4 N–H and O–H groups in total. The Morgan fingerprint density at radius 1 is 1.26 bits per heavy atom. The van der Waals surface area contributed by atoms with E-state index >= 15 is 0 Å². The molecule has 0 saturated heterocycles. The normalized spacial score (nSPS) is 13.4. The molecule has 0 heterocycles. The van der Waals surface area contributed by atoms with Crippen LogP contribution >= 0.6 is 0 Å². The van der Waals surface area contributed by atoms with E-state index in [9.17, 15) is 9.59 Å². The number of hydrogen-bond acceptors (Lipinski definition) is 3. The number of carboxylic acids is 1. The number of amides is 2. The zero-order valence-electron chi connectivity index (χ0n) is 10.7. The van der Waals surface area contributed by atoms with Crippen LogP contribution in [-0.4, -0.2) is 40.9 Å². The molecular weight excluding hydrogens is 248 g/mol. The van der Waals surface area contributed by atoms with Gasteiger partial charge in [-0.3, -0.25) is 0 Å². The molecule has 1 aromatic rings. The van der Waals surface area contributed by atoms with E-state index in [1.807, 2.05) is 37.3 Å². The third-order valence-electron chi connectivity index (χ3n) is 2.50. The number of benzene rings is 1. The van der Waals surface area contributed by atoms with Gasteiger partial charge >= 0.3 is 12.0 Å². The first-order valence-corrected chi connectivity index (χ1v) is 5.98. The summed E-state index contributed by atoms with van der Waals surface area (Å²) in [5.74, 6) is -1.36. The monoisotopic (exact) mass is 266 g/mol. The molecule has 0 fully saturated rings. The fourth-order valence-electron chi connectivity index (χ4n) is 1.57. The number of nitrogens with one attached hydrogen (secondary N) is 2. The number of urea groups is 1. The second-order valence-corrected chi connectivity index (χ2v) is 4.30. The molecule has 0 bridgehead atoms. The Labute approximate surface area is 111 Å². The predicted molar refractivity (Wildman–Crippen MR) is 69.8 cm³/mol. The van der Waals surface area contributed by atoms with Crippen molar-refractivity contribution in [3.8, 4) is 0 Å². The maximum Gasteiger partial charge on any atom is 0.334 e. The summed E-state index contributed by atoms with van der Waals surface area (Å²) in [5, 5.41) is 22.4. The standard InChI is InChI=1S/C13H18N2O4/c1-9(7-10-5-3-2-4-6-10)15-13(19)14-8-11(16)12(17)18/h2-6,9,11,16H,7-8H2,1H3,(H,17,18)(H2,14,15,19). The van der Waals surface area contributed by atoms with E-state index in [-0.39, 0.29) is 12.6 Å². The molecule has 0 aromatic heterocycles. The molecule has 104 valence electrons. The van der Waals surface area contributed by atoms with Gasteiger partial charge in [-0.25, -0.2) is 9.59 Å². The highest BCUT2D eigenvalue weighted by Gasteiger charge is 2.14. The number of rotatable bonds is 6. The number of carboxylic acid groups (broad SMARTS) is 1. The highest BCUT2D eigenvalue weighted by Crippen LogP contribution is 2.02. The van der Waals surface area contributed by atoms with Crippen LogP contribution in [0.5, 0.6) is 0 Å². The first-order valence-electron chi connectivity index (χ1n) is 5.98. The molecule has 0 spiro atoms. The maximum absolute atomic E-state index is 11.4. The Hall–Kier alpha value is -2.08. The van der Waals surface area contributed by atoms with Gasteiger partial charge in [0.1, 0.15) is 0 Å². The second-order valence-electron chi connectivity index (χ2n) is 4.30. The summed E-state index contributed by atoms with van der Waals surface area (Å²) in [4.78, 5) is 21.8. The van der Waals surface area contributed by atoms with Gasteiger partial charge < -0.3 is 20.8 Å². The average molecular weight is 266 g/mol. The molecular formula is C13H18N2O4. The van der Waals surface area contributed by atoms with Gasteiger partial charge in [-0.1, -0.05) is 30.3 Å². The summed E-state index contributed by atoms with van der Waals surface area (Å²) >= 11 is 0. The van der Waals surface area contributed by atoms with E-state index < -0.39 is 18.1 Å². The molecule has 2 atom stereocenters. The van der Waals surface area contributed by atoms with Crippen LogP contribution in [0.3, 0.4) is 0 Å². The van der Waals surface area contributed by atoms with Crippen molar-refractivity contribution < 1.29 is 19.8 Å². The molecule has 0 aliphatic carbocycles. The highest BCUT2D eigenvalue weighted by molar-refractivity contribution is 5.76. The van der Waals surface area contributed by atoms with Gasteiger partial charge in [0, 0.05) is 6.04 Å². The number of aliphatic carboxylic acids is 1. The van der Waals surface area contributed by atoms with Crippen molar-refractivity contribution in [2.24, 2.45) is 0 Å². The van der Waals surface area contributed by atoms with E-state index in [2.05, 4.69) is 10.6 Å². The molecule has 6 nitrogen and oxygen atoms in total. The zero-order chi connectivity index (χ0) is 14.3. The van der Waals surface area contributed by atoms with Gasteiger partial charge in [-0.15, -0.1) is 0 Å². The fourth-order valence-corrected chi connectivity index (χ4v) is 1.57. The summed E-state index contributed by atoms with van der Waals surface area (Å²) in [6.07, 6.45) is -0.911. The third kappa shape index (κ3) is 5.87. The van der Waals surface area contributed by atoms with Crippen LogP contribution in [0.1, 0.15) is 12.5 Å². The lowest BCUT2D eigenvalue weighted by Crippen LogP contribution is -2.45. The van der Waals surface area contributed by atoms with E-state index in [1.165, 1.54) is 0 Å². The minimum atomic E-state index is -1.59. The van der Waals surface area contributed by atoms with Crippen molar-refractivity contribution in [2.75, 3.05) is 6.54 Å². The molecule has 0 radical (unpaired) electrons. The molecule has 0 saturated carbocycles. The van der Waals surface area contributed by atoms with Crippen LogP contribution in [0.2, 0.25) is 0 Å². The predicted octanol–water partition coefficient (Wildman–Crippen LogP) is 0.362. The number of aliphatic hydroxyl groups excluding tert-OH is 1. The smallest absolute Gasteiger partial charge is 0.334 e. The van der Waals surface area contributed by atoms with E-state index in [4.69, 9.17) is 10.2 Å². The Morgan fingerprint density at radius 2 is 1.89 bits per heavy atom. The Bertz CT molecular complexity index is 422. The first-order chi connectivity index (χ1) is 8.99. The molecule has 1 aromatic carbocycles. The molecule has 6 heteroatoms. The van der Waals surface area contributed by atoms with Gasteiger partial charge in [0.15, 0.2) is 6.10 Å². The second kappa shape index (κ2) is 7.38. The first kappa shape index (κ1) is 15.0. The van der Waals surface area contributed by atoms with Gasteiger partial charge in [0.25, 0.3) is 0 Å². The maximum atomic E-state index is 11.4. The summed E-state index contributed by atoms with van der Waals surface area (Å²) in [6.45, 7) is 1.53. The van der Waals surface area contributed by atoms with Crippen LogP contribution in [0, 0.1) is 0 Å². The van der Waals surface area contributed by atoms with Crippen LogP contribution in [0.4, 0.5) is 4.79 Å². The zero-order valence-corrected chi connectivity index (χ0v) is 10.7. The molecule has 1 rings (SSSR count). The van der Waals surface area contributed by atoms with Crippen LogP contribution in [0.25, 0.3) is 0 Å². The quantitative estimate of drug-likeness (QED) is 0.597. The molecule has 2 amide bonds. The summed E-state index contributed by atoms with van der Waals surface area (Å²) in [6, 6.07) is 9.10. The van der Waals surface area contributed by atoms with Gasteiger partial charge in [-0.05, 0) is 18.9 Å². The number of hydrogen-bond donors (Lipinski definition) is 4. The Kier molecular flexibility index (Phi) is 5.81. The molecule has 19 heavy (non-hydrogen) atoms. The molecule has 2 unspecified atom stereocenters. The molecule has 0 aliphatic rings. The minimum absolute atomic E-state index is 0.0932. The van der Waals surface area contributed by atoms with Crippen molar-refractivity contribution in [2.45, 2.75) is 25.5 Å². The minimum Gasteiger partial charge on any atom is -0.479 e. The van der Waals surface area contributed by atoms with E-state index in [0.29, 0.717) is 6.42 Å². The molecule has 0 aliphatic heterocycles. The lowest BCUT2D eigenvalue weighted by atomic mass is 10.1. The van der Waals surface area contributed by atoms with E-state index in [0.717, 1.165) is 5.56 Å². The van der Waals surface area contributed by atoms with Crippen LogP contribution in [-0.2, 0) is 11.2 Å². The SMILES string of the molecule is CC(Cc1ccccc1)NC(=O)NCC(O)C(=O)O. The average Bonchev–Trinajstić information content (AvgIpc) is 2.36. The van der Waals surface area contributed by atoms with E-state index in [1.54, 1.807) is 0 Å². The van der Waals surface area contributed by atoms with Crippen LogP contribution < -0.4 is 10.6 Å². The topological polar surface area (TPSA) is 98.7 Å². The van der Waals surface area contributed by atoms with Crippen molar-refractivity contribution >= 4 is 12.0 Å². The Morgan fingerprint density at radius 3 is 2.47 bits per heavy atom. The number of aliphatic hydroxyl groups is 1. The highest BCUT2D eigenvalue weighted by atomic mass is 16.4. The van der Waals surface area contributed by atoms with Crippen molar-refractivity contribution in [1.82, 2.24) is 10.6 Å². The lowest BCUT2D eigenvalue weighted by Gasteiger charge is -2.15. The third-order valence-corrected chi connectivity index (χ3v) is 2.50. The van der Waals surface area contributed by atoms with Gasteiger partial charge in [-0.2, -0.15) is 0 Å². The largest absolute Gasteiger partial charge is 0.479 e. The van der Waals surface area contributed by atoms with Crippen LogP contribution in [0.15, 0.2) is 30.3 Å². The van der Waals surface area contributed by atoms with Crippen molar-refractivity contribution in [3.63, 3.8) is 0 Å². The summed E-state index contributed by atoms with van der Waals surface area (Å²) in [5.41, 5.74) is 1.10. The Balaban J connectivity index is 2.30. The summed E-state index contributed by atoms with van der Waals surface area (Å²) < 4.78 is 0.